The van der Waals surface area contributed by atoms with Gasteiger partial charge in [0.15, 0.2) is 11.6 Å². The summed E-state index contributed by atoms with van der Waals surface area (Å²) in [4.78, 5) is 59.3. The van der Waals surface area contributed by atoms with Gasteiger partial charge in [0.25, 0.3) is 0 Å². The molecule has 0 N–H and O–H groups in total. The predicted octanol–water partition coefficient (Wildman–Crippen LogP) is 0.821. The first kappa shape index (κ1) is 15.1. The molecule has 4 aliphatic rings. The molecule has 3 aliphatic heterocycles. The van der Waals surface area contributed by atoms with Crippen LogP contribution in [0.15, 0.2) is 0 Å². The smallest absolute Gasteiger partial charge is 0.302 e. The Morgan fingerprint density at radius 3 is 1.61 bits per heavy atom. The molecule has 3 spiro atoms. The third kappa shape index (κ3) is 1.94. The molecule has 1 saturated carbocycles. The summed E-state index contributed by atoms with van der Waals surface area (Å²) in [6, 6.07) is 0. The van der Waals surface area contributed by atoms with E-state index in [9.17, 15) is 19.2 Å². The van der Waals surface area contributed by atoms with Crippen LogP contribution >= 0.6 is 0 Å². The van der Waals surface area contributed by atoms with Crippen LogP contribution < -0.4 is 0 Å². The highest BCUT2D eigenvalue weighted by atomic mass is 17.7. The van der Waals surface area contributed by atoms with Crippen molar-refractivity contribution in [1.29, 1.82) is 0 Å². The lowest BCUT2D eigenvalue weighted by Gasteiger charge is -2.49. The van der Waals surface area contributed by atoms with Gasteiger partial charge in [0.05, 0.1) is 5.41 Å². The Kier molecular flexibility index (Phi) is 3.15. The fourth-order valence-electron chi connectivity index (χ4n) is 4.84. The summed E-state index contributed by atoms with van der Waals surface area (Å²) in [5, 5.41) is 8.16. The second-order valence-electron chi connectivity index (χ2n) is 7.45. The van der Waals surface area contributed by atoms with Gasteiger partial charge in [0.1, 0.15) is 11.6 Å². The molecule has 124 valence electrons. The molecule has 0 aromatic heterocycles. The summed E-state index contributed by atoms with van der Waals surface area (Å²) >= 11 is 0. The maximum Gasteiger partial charge on any atom is 0.348 e. The van der Waals surface area contributed by atoms with Crippen LogP contribution in [0.2, 0.25) is 25.3 Å². The number of carbonyl (C=O) groups is 4. The monoisotopic (exact) mass is 323 g/mol. The summed E-state index contributed by atoms with van der Waals surface area (Å²) in [5.41, 5.74) is -0.860. The first-order chi connectivity index (χ1) is 10.9. The van der Waals surface area contributed by atoms with Gasteiger partial charge in [-0.3, -0.25) is 9.59 Å². The molecule has 0 amide bonds. The maximum atomic E-state index is 12.7. The van der Waals surface area contributed by atoms with Crippen LogP contribution in [0.1, 0.15) is 25.7 Å². The average Bonchev–Trinajstić information content (AvgIpc) is 3.15. The zero-order valence-corrected chi connectivity index (χ0v) is 12.5. The van der Waals surface area contributed by atoms with Crippen molar-refractivity contribution in [2.45, 2.75) is 56.8 Å². The number of rotatable bonds is 0. The Labute approximate surface area is 131 Å². The summed E-state index contributed by atoms with van der Waals surface area (Å²) < 4.78 is 0. The lowest BCUT2D eigenvalue weighted by molar-refractivity contribution is -0.532. The zero-order valence-electron chi connectivity index (χ0n) is 12.5. The lowest BCUT2D eigenvalue weighted by atomic mass is 9.13. The molecule has 4 fully saturated rings. The SMILES string of the molecule is O=C1C[B-]2(CC(=O)C13CCCC3)CC(=O)C1(OOOO1)C(=O)C2. The van der Waals surface area contributed by atoms with E-state index in [1.165, 1.54) is 0 Å². The van der Waals surface area contributed by atoms with Crippen molar-refractivity contribution in [2.24, 2.45) is 5.41 Å². The van der Waals surface area contributed by atoms with Gasteiger partial charge < -0.3 is 9.59 Å². The highest BCUT2D eigenvalue weighted by Crippen LogP contribution is 2.51. The molecular formula is C14H16BO8-. The molecule has 3 heterocycles. The molecule has 9 heteroatoms. The van der Waals surface area contributed by atoms with E-state index in [1.54, 1.807) is 0 Å². The minimum absolute atomic E-state index is 0.0913. The third-order valence-corrected chi connectivity index (χ3v) is 6.06. The van der Waals surface area contributed by atoms with Crippen molar-refractivity contribution in [1.82, 2.24) is 0 Å². The van der Waals surface area contributed by atoms with Crippen LogP contribution in [-0.2, 0) is 39.0 Å². The Morgan fingerprint density at radius 1 is 0.696 bits per heavy atom. The minimum atomic E-state index is -2.19. The molecule has 0 atom stereocenters. The zero-order chi connectivity index (χ0) is 16.3. The van der Waals surface area contributed by atoms with E-state index in [2.05, 4.69) is 19.9 Å². The van der Waals surface area contributed by atoms with Crippen molar-refractivity contribution < 1.29 is 39.0 Å². The molecule has 1 aliphatic carbocycles. The standard InChI is InChI=1S/C14H16BO8/c16-9-5-15(6-10(17)13(9)3-1-2-4-13)7-11(18)14(12(19)8-15)20-22-23-21-14/h1-8H2/q-1. The van der Waals surface area contributed by atoms with Gasteiger partial charge in [-0.05, 0) is 22.9 Å². The van der Waals surface area contributed by atoms with Crippen molar-refractivity contribution in [2.75, 3.05) is 0 Å². The molecule has 23 heavy (non-hydrogen) atoms. The van der Waals surface area contributed by atoms with E-state index >= 15 is 0 Å². The van der Waals surface area contributed by atoms with Crippen molar-refractivity contribution >= 4 is 29.3 Å². The lowest BCUT2D eigenvalue weighted by Crippen LogP contribution is -2.63. The predicted molar refractivity (Wildman–Crippen MR) is 73.0 cm³/mol. The first-order valence-corrected chi connectivity index (χ1v) is 7.98. The van der Waals surface area contributed by atoms with Crippen LogP contribution in [0.5, 0.6) is 0 Å². The van der Waals surface area contributed by atoms with Gasteiger partial charge in [-0.25, -0.2) is 0 Å². The molecule has 0 aromatic carbocycles. The number of Topliss-reactive ketones (excluding diaryl/α,β-unsaturated/α-hetero) is 4. The van der Waals surface area contributed by atoms with Gasteiger partial charge in [-0.2, -0.15) is 0 Å². The highest BCUT2D eigenvalue weighted by Gasteiger charge is 2.62. The second kappa shape index (κ2) is 4.79. The second-order valence-corrected chi connectivity index (χ2v) is 7.45. The number of ketones is 4. The van der Waals surface area contributed by atoms with Gasteiger partial charge in [0, 0.05) is 6.15 Å². The van der Waals surface area contributed by atoms with E-state index in [0.717, 1.165) is 12.8 Å². The molecule has 8 nitrogen and oxygen atoms in total. The summed E-state index contributed by atoms with van der Waals surface area (Å²) in [7, 11) is 0. The van der Waals surface area contributed by atoms with E-state index < -0.39 is 28.9 Å². The number of carbonyl (C=O) groups excluding carboxylic acids is 4. The molecule has 0 radical (unpaired) electrons. The first-order valence-electron chi connectivity index (χ1n) is 7.98. The van der Waals surface area contributed by atoms with Crippen LogP contribution in [0.4, 0.5) is 0 Å². The number of hydrogen-bond acceptors (Lipinski definition) is 8. The molecule has 4 rings (SSSR count). The Balaban J connectivity index is 1.61. The van der Waals surface area contributed by atoms with E-state index in [0.29, 0.717) is 12.8 Å². The largest absolute Gasteiger partial charge is 0.348 e. The highest BCUT2D eigenvalue weighted by molar-refractivity contribution is 6.92. The fourth-order valence-corrected chi connectivity index (χ4v) is 4.84. The minimum Gasteiger partial charge on any atom is -0.302 e. The van der Waals surface area contributed by atoms with E-state index in [4.69, 9.17) is 0 Å². The third-order valence-electron chi connectivity index (χ3n) is 6.06. The van der Waals surface area contributed by atoms with Crippen molar-refractivity contribution in [3.8, 4) is 0 Å². The van der Waals surface area contributed by atoms with Crippen molar-refractivity contribution in [3.05, 3.63) is 0 Å². The molecule has 0 unspecified atom stereocenters. The summed E-state index contributed by atoms with van der Waals surface area (Å²) in [5.74, 6) is -3.72. The van der Waals surface area contributed by atoms with Crippen LogP contribution in [0.25, 0.3) is 0 Å². The van der Waals surface area contributed by atoms with E-state index in [1.807, 2.05) is 0 Å². The van der Waals surface area contributed by atoms with Gasteiger partial charge in [-0.15, -0.1) is 35.1 Å². The topological polar surface area (TPSA) is 105 Å². The molecule has 0 aromatic rings. The Hall–Kier alpha value is -1.42. The van der Waals surface area contributed by atoms with Gasteiger partial charge >= 0.3 is 5.79 Å². The quantitative estimate of drug-likeness (QED) is 0.366. The summed E-state index contributed by atoms with van der Waals surface area (Å²) in [6.07, 6.45) is 1.26. The molecule has 3 saturated heterocycles. The average molecular weight is 323 g/mol. The van der Waals surface area contributed by atoms with Crippen LogP contribution in [-0.4, -0.2) is 35.1 Å². The normalized spacial score (nSPS) is 31.7. The Morgan fingerprint density at radius 2 is 1.13 bits per heavy atom. The molecular weight excluding hydrogens is 307 g/mol. The van der Waals surface area contributed by atoms with Crippen LogP contribution in [0.3, 0.4) is 0 Å². The van der Waals surface area contributed by atoms with Gasteiger partial charge in [0.2, 0.25) is 0 Å². The van der Waals surface area contributed by atoms with Crippen molar-refractivity contribution in [3.63, 3.8) is 0 Å². The van der Waals surface area contributed by atoms with Gasteiger partial charge in [-0.1, -0.05) is 12.8 Å². The summed E-state index contributed by atoms with van der Waals surface area (Å²) in [6.45, 7) is 0. The van der Waals surface area contributed by atoms with E-state index in [-0.39, 0.29) is 36.8 Å². The number of hydrogen-bond donors (Lipinski definition) is 0. The molecule has 0 bridgehead atoms. The van der Waals surface area contributed by atoms with Crippen LogP contribution in [0, 0.1) is 5.41 Å². The Bertz CT molecular complexity index is 517. The maximum absolute atomic E-state index is 12.7. The fraction of sp³-hybridized carbons (Fsp3) is 0.714.